The van der Waals surface area contributed by atoms with Crippen molar-refractivity contribution in [3.05, 3.63) is 84.1 Å². The predicted molar refractivity (Wildman–Crippen MR) is 111 cm³/mol. The lowest BCUT2D eigenvalue weighted by molar-refractivity contribution is -0.139. The fraction of sp³-hybridized carbons (Fsp3) is 0.136. The number of ether oxygens (including phenoxy) is 1. The molecule has 144 valence electrons. The molecular formula is C22H21NO4S. The van der Waals surface area contributed by atoms with Crippen molar-refractivity contribution in [2.45, 2.75) is 18.2 Å². The van der Waals surface area contributed by atoms with Crippen LogP contribution in [0.2, 0.25) is 0 Å². The van der Waals surface area contributed by atoms with E-state index in [1.54, 1.807) is 54.6 Å². The zero-order valence-electron chi connectivity index (χ0n) is 15.8. The van der Waals surface area contributed by atoms with Crippen LogP contribution >= 0.6 is 0 Å². The molecule has 0 amide bonds. The molecule has 0 bridgehead atoms. The van der Waals surface area contributed by atoms with Gasteiger partial charge in [-0.2, -0.15) is 0 Å². The molecule has 5 nitrogen and oxygen atoms in total. The zero-order chi connectivity index (χ0) is 20.3. The number of para-hydroxylation sites is 1. The second-order valence-corrected chi connectivity index (χ2v) is 8.18. The molecule has 3 aromatic rings. The van der Waals surface area contributed by atoms with E-state index in [-0.39, 0.29) is 11.3 Å². The number of carbonyl (C=O) groups excluding carboxylic acids is 1. The topological polar surface area (TPSA) is 65.4 Å². The molecule has 28 heavy (non-hydrogen) atoms. The highest BCUT2D eigenvalue weighted by atomic mass is 32.2. The number of hydrogen-bond donors (Lipinski definition) is 0. The van der Waals surface area contributed by atoms with Crippen molar-refractivity contribution >= 4 is 33.0 Å². The molecule has 0 aliphatic heterocycles. The number of allylic oxidation sites excluding steroid dienone is 2. The smallest absolute Gasteiger partial charge is 0.310 e. The van der Waals surface area contributed by atoms with Gasteiger partial charge < -0.3 is 4.74 Å². The number of esters is 1. The number of hydrogen-bond acceptors (Lipinski definition) is 4. The zero-order valence-corrected chi connectivity index (χ0v) is 16.6. The summed E-state index contributed by atoms with van der Waals surface area (Å²) in [4.78, 5) is 12.2. The predicted octanol–water partition coefficient (Wildman–Crippen LogP) is 4.18. The number of benzene rings is 2. The van der Waals surface area contributed by atoms with Gasteiger partial charge in [0, 0.05) is 5.39 Å². The van der Waals surface area contributed by atoms with Crippen molar-refractivity contribution < 1.29 is 17.9 Å². The second-order valence-electron chi connectivity index (χ2n) is 6.40. The van der Waals surface area contributed by atoms with Crippen LogP contribution in [0.15, 0.2) is 77.7 Å². The Morgan fingerprint density at radius 2 is 1.75 bits per heavy atom. The minimum absolute atomic E-state index is 0.0375. The molecule has 0 spiro atoms. The summed E-state index contributed by atoms with van der Waals surface area (Å²) in [6.07, 6.45) is 3.37. The van der Waals surface area contributed by atoms with Crippen LogP contribution in [0.1, 0.15) is 18.2 Å². The first-order valence-electron chi connectivity index (χ1n) is 8.69. The largest absolute Gasteiger partial charge is 0.469 e. The van der Waals surface area contributed by atoms with Crippen LogP contribution in [-0.4, -0.2) is 25.5 Å². The molecule has 3 rings (SSSR count). The van der Waals surface area contributed by atoms with Gasteiger partial charge in [0.15, 0.2) is 0 Å². The van der Waals surface area contributed by atoms with Gasteiger partial charge in [0.05, 0.1) is 29.6 Å². The second kappa shape index (κ2) is 7.86. The van der Waals surface area contributed by atoms with Gasteiger partial charge in [0.2, 0.25) is 0 Å². The summed E-state index contributed by atoms with van der Waals surface area (Å²) in [5, 5.41) is 0.689. The Bertz CT molecular complexity index is 1170. The van der Waals surface area contributed by atoms with Crippen molar-refractivity contribution in [3.63, 3.8) is 0 Å². The maximum absolute atomic E-state index is 13.5. The first kappa shape index (κ1) is 19.6. The standard InChI is InChI=1S/C22H21NO4S/c1-16(2)13-14-21-19(15-22(24)27-3)18-11-7-8-12-20(18)23(21)28(25,26)17-9-5-4-6-10-17/h4-14H,1,15H2,2-3H3/b14-13+. The molecule has 6 heteroatoms. The summed E-state index contributed by atoms with van der Waals surface area (Å²) in [6, 6.07) is 15.3. The highest BCUT2D eigenvalue weighted by Gasteiger charge is 2.26. The average molecular weight is 395 g/mol. The van der Waals surface area contributed by atoms with Crippen molar-refractivity contribution in [1.82, 2.24) is 3.97 Å². The fourth-order valence-electron chi connectivity index (χ4n) is 3.04. The van der Waals surface area contributed by atoms with Crippen LogP contribution in [0.4, 0.5) is 0 Å². The van der Waals surface area contributed by atoms with Crippen LogP contribution in [0.25, 0.3) is 17.0 Å². The maximum Gasteiger partial charge on any atom is 0.310 e. The van der Waals surface area contributed by atoms with E-state index in [9.17, 15) is 13.2 Å². The molecule has 0 aliphatic rings. The molecule has 0 fully saturated rings. The number of fused-ring (bicyclic) bond motifs is 1. The molecule has 2 aromatic carbocycles. The van der Waals surface area contributed by atoms with Crippen LogP contribution in [0, 0.1) is 0 Å². The number of rotatable bonds is 6. The van der Waals surface area contributed by atoms with Gasteiger partial charge in [-0.05, 0) is 36.8 Å². The molecule has 0 unspecified atom stereocenters. The van der Waals surface area contributed by atoms with E-state index in [1.807, 2.05) is 19.1 Å². The van der Waals surface area contributed by atoms with Gasteiger partial charge in [0.25, 0.3) is 10.0 Å². The van der Waals surface area contributed by atoms with E-state index >= 15 is 0 Å². The lowest BCUT2D eigenvalue weighted by atomic mass is 10.1. The highest BCUT2D eigenvalue weighted by Crippen LogP contribution is 2.32. The van der Waals surface area contributed by atoms with E-state index in [0.717, 1.165) is 5.57 Å². The summed E-state index contributed by atoms with van der Waals surface area (Å²) in [6.45, 7) is 5.66. The Kier molecular flexibility index (Phi) is 5.51. The van der Waals surface area contributed by atoms with Crippen LogP contribution in [0.3, 0.4) is 0 Å². The lowest BCUT2D eigenvalue weighted by Gasteiger charge is -2.11. The minimum Gasteiger partial charge on any atom is -0.469 e. The first-order valence-corrected chi connectivity index (χ1v) is 10.1. The van der Waals surface area contributed by atoms with Crippen molar-refractivity contribution in [2.24, 2.45) is 0 Å². The average Bonchev–Trinajstić information content (AvgIpc) is 3.01. The molecular weight excluding hydrogens is 374 g/mol. The van der Waals surface area contributed by atoms with Crippen molar-refractivity contribution in [1.29, 1.82) is 0 Å². The molecule has 0 atom stereocenters. The van der Waals surface area contributed by atoms with Gasteiger partial charge in [-0.1, -0.05) is 54.6 Å². The van der Waals surface area contributed by atoms with E-state index in [4.69, 9.17) is 4.74 Å². The van der Waals surface area contributed by atoms with E-state index in [0.29, 0.717) is 22.2 Å². The third kappa shape index (κ3) is 3.64. The first-order chi connectivity index (χ1) is 13.4. The number of carbonyl (C=O) groups is 1. The van der Waals surface area contributed by atoms with Crippen LogP contribution in [-0.2, 0) is 26.0 Å². The highest BCUT2D eigenvalue weighted by molar-refractivity contribution is 7.90. The van der Waals surface area contributed by atoms with Crippen LogP contribution < -0.4 is 0 Å². The Morgan fingerprint density at radius 3 is 2.39 bits per heavy atom. The quantitative estimate of drug-likeness (QED) is 0.464. The molecule has 0 aliphatic carbocycles. The van der Waals surface area contributed by atoms with Crippen molar-refractivity contribution in [3.8, 4) is 0 Å². The summed E-state index contributed by atoms with van der Waals surface area (Å²) in [5.41, 5.74) is 2.28. The summed E-state index contributed by atoms with van der Waals surface area (Å²) in [5.74, 6) is -0.440. The number of methoxy groups -OCH3 is 1. The van der Waals surface area contributed by atoms with E-state index in [2.05, 4.69) is 6.58 Å². The third-order valence-electron chi connectivity index (χ3n) is 4.33. The van der Waals surface area contributed by atoms with Gasteiger partial charge >= 0.3 is 5.97 Å². The van der Waals surface area contributed by atoms with Gasteiger partial charge in [-0.25, -0.2) is 12.4 Å². The third-order valence-corrected chi connectivity index (χ3v) is 6.07. The summed E-state index contributed by atoms with van der Waals surface area (Å²) in [7, 11) is -2.57. The fourth-order valence-corrected chi connectivity index (χ4v) is 4.60. The van der Waals surface area contributed by atoms with Crippen LogP contribution in [0.5, 0.6) is 0 Å². The molecule has 0 saturated heterocycles. The molecule has 1 aromatic heterocycles. The normalized spacial score (nSPS) is 11.8. The van der Waals surface area contributed by atoms with Gasteiger partial charge in [-0.15, -0.1) is 0 Å². The van der Waals surface area contributed by atoms with Crippen molar-refractivity contribution in [2.75, 3.05) is 7.11 Å². The summed E-state index contributed by atoms with van der Waals surface area (Å²) < 4.78 is 33.1. The SMILES string of the molecule is C=C(C)/C=C/c1c(CC(=O)OC)c2ccccc2n1S(=O)(=O)c1ccccc1. The Morgan fingerprint density at radius 1 is 1.11 bits per heavy atom. The maximum atomic E-state index is 13.5. The van der Waals surface area contributed by atoms with Gasteiger partial charge in [0.1, 0.15) is 0 Å². The monoisotopic (exact) mass is 395 g/mol. The molecule has 0 radical (unpaired) electrons. The number of aromatic nitrogens is 1. The Hall–Kier alpha value is -3.12. The Labute approximate surface area is 164 Å². The van der Waals surface area contributed by atoms with E-state index in [1.165, 1.54) is 11.1 Å². The number of nitrogens with zero attached hydrogens (tertiary/aromatic N) is 1. The molecule has 0 saturated carbocycles. The Balaban J connectivity index is 2.39. The minimum atomic E-state index is -3.88. The molecule has 1 heterocycles. The van der Waals surface area contributed by atoms with E-state index < -0.39 is 16.0 Å². The molecule has 0 N–H and O–H groups in total. The van der Waals surface area contributed by atoms with Gasteiger partial charge in [-0.3, -0.25) is 4.79 Å². The summed E-state index contributed by atoms with van der Waals surface area (Å²) >= 11 is 0. The lowest BCUT2D eigenvalue weighted by Crippen LogP contribution is -2.15.